The first kappa shape index (κ1) is 19.0. The van der Waals surface area contributed by atoms with E-state index in [1.54, 1.807) is 6.20 Å². The van der Waals surface area contributed by atoms with Crippen molar-refractivity contribution in [1.29, 1.82) is 0 Å². The van der Waals surface area contributed by atoms with Crippen molar-refractivity contribution < 1.29 is 9.21 Å². The van der Waals surface area contributed by atoms with E-state index in [0.717, 1.165) is 25.4 Å². The monoisotopic (exact) mass is 335 g/mol. The predicted octanol–water partition coefficient (Wildman–Crippen LogP) is 3.29. The second kappa shape index (κ2) is 8.65. The highest BCUT2D eigenvalue weighted by Gasteiger charge is 2.20. The van der Waals surface area contributed by atoms with E-state index < -0.39 is 0 Å². The van der Waals surface area contributed by atoms with Gasteiger partial charge in [0.2, 0.25) is 5.91 Å². The third-order valence-electron chi connectivity index (χ3n) is 4.50. The Kier molecular flexibility index (Phi) is 6.84. The number of amides is 1. The van der Waals surface area contributed by atoms with Crippen LogP contribution in [0.15, 0.2) is 10.6 Å². The van der Waals surface area contributed by atoms with Gasteiger partial charge in [-0.05, 0) is 32.9 Å². The van der Waals surface area contributed by atoms with Crippen LogP contribution in [0.3, 0.4) is 0 Å². The summed E-state index contributed by atoms with van der Waals surface area (Å²) >= 11 is 0. The maximum atomic E-state index is 12.1. The molecule has 5 heteroatoms. The lowest BCUT2D eigenvalue weighted by molar-refractivity contribution is -0.121. The fourth-order valence-corrected chi connectivity index (χ4v) is 3.09. The molecule has 1 amide bonds. The number of nitrogens with zero attached hydrogens (tertiary/aromatic N) is 2. The van der Waals surface area contributed by atoms with E-state index in [1.165, 1.54) is 25.7 Å². The Hall–Kier alpha value is -1.36. The van der Waals surface area contributed by atoms with Crippen LogP contribution in [0, 0.1) is 0 Å². The molecule has 0 aliphatic carbocycles. The number of rotatable bonds is 6. The van der Waals surface area contributed by atoms with Crippen molar-refractivity contribution in [1.82, 2.24) is 15.2 Å². The van der Waals surface area contributed by atoms with E-state index in [2.05, 4.69) is 42.9 Å². The molecule has 1 aromatic heterocycles. The first-order chi connectivity index (χ1) is 11.3. The molecule has 1 fully saturated rings. The van der Waals surface area contributed by atoms with Crippen LogP contribution in [0.2, 0.25) is 0 Å². The van der Waals surface area contributed by atoms with Gasteiger partial charge in [0.05, 0.1) is 6.20 Å². The molecule has 1 atom stereocenters. The molecule has 136 valence electrons. The minimum absolute atomic E-state index is 0.0464. The number of carbonyl (C=O) groups is 1. The van der Waals surface area contributed by atoms with Crippen molar-refractivity contribution in [2.45, 2.75) is 77.7 Å². The molecule has 0 radical (unpaired) electrons. The van der Waals surface area contributed by atoms with Crippen molar-refractivity contribution in [3.8, 4) is 0 Å². The highest BCUT2D eigenvalue weighted by Crippen LogP contribution is 2.23. The van der Waals surface area contributed by atoms with Crippen molar-refractivity contribution in [2.75, 3.05) is 19.6 Å². The second-order valence-corrected chi connectivity index (χ2v) is 8.05. The average Bonchev–Trinajstić information content (AvgIpc) is 2.84. The van der Waals surface area contributed by atoms with Gasteiger partial charge in [0.1, 0.15) is 5.76 Å². The summed E-state index contributed by atoms with van der Waals surface area (Å²) in [5, 5.41) is 3.10. The minimum Gasteiger partial charge on any atom is -0.445 e. The van der Waals surface area contributed by atoms with E-state index in [9.17, 15) is 4.79 Å². The van der Waals surface area contributed by atoms with Gasteiger partial charge in [-0.3, -0.25) is 4.79 Å². The molecule has 2 heterocycles. The summed E-state index contributed by atoms with van der Waals surface area (Å²) in [6.45, 7) is 11.6. The lowest BCUT2D eigenvalue weighted by Crippen LogP contribution is -2.42. The van der Waals surface area contributed by atoms with Gasteiger partial charge >= 0.3 is 0 Å². The van der Waals surface area contributed by atoms with E-state index >= 15 is 0 Å². The molecule has 2 rings (SSSR count). The van der Waals surface area contributed by atoms with Crippen LogP contribution in [0.4, 0.5) is 0 Å². The Bertz CT molecular complexity index is 511. The van der Waals surface area contributed by atoms with Gasteiger partial charge in [0.25, 0.3) is 0 Å². The largest absolute Gasteiger partial charge is 0.445 e. The highest BCUT2D eigenvalue weighted by molar-refractivity contribution is 5.76. The van der Waals surface area contributed by atoms with Crippen LogP contribution in [-0.2, 0) is 16.6 Å². The number of hydrogen-bond acceptors (Lipinski definition) is 4. The van der Waals surface area contributed by atoms with Crippen molar-refractivity contribution >= 4 is 5.91 Å². The third-order valence-corrected chi connectivity index (χ3v) is 4.50. The number of hydrogen-bond donors (Lipinski definition) is 1. The van der Waals surface area contributed by atoms with Crippen LogP contribution in [0.1, 0.15) is 71.5 Å². The molecule has 0 bridgehead atoms. The number of carbonyl (C=O) groups excluding carboxylic acids is 1. The Morgan fingerprint density at radius 3 is 2.54 bits per heavy atom. The minimum atomic E-state index is -0.0464. The van der Waals surface area contributed by atoms with Gasteiger partial charge in [-0.15, -0.1) is 0 Å². The van der Waals surface area contributed by atoms with Crippen molar-refractivity contribution in [3.05, 3.63) is 17.8 Å². The maximum absolute atomic E-state index is 12.1. The maximum Gasteiger partial charge on any atom is 0.220 e. The normalized spacial score (nSPS) is 18.2. The molecule has 1 aliphatic rings. The SMILES string of the molecule is CC(CN1CCCCCC1)NC(=O)CCc1ncc(C(C)(C)C)o1. The molecule has 5 nitrogen and oxygen atoms in total. The highest BCUT2D eigenvalue weighted by atomic mass is 16.4. The fourth-order valence-electron chi connectivity index (χ4n) is 3.09. The Morgan fingerprint density at radius 2 is 1.96 bits per heavy atom. The lowest BCUT2D eigenvalue weighted by Gasteiger charge is -2.24. The van der Waals surface area contributed by atoms with Crippen LogP contribution in [0.5, 0.6) is 0 Å². The van der Waals surface area contributed by atoms with Crippen molar-refractivity contribution in [3.63, 3.8) is 0 Å². The smallest absolute Gasteiger partial charge is 0.220 e. The molecule has 1 saturated heterocycles. The summed E-state index contributed by atoms with van der Waals surface area (Å²) in [5.74, 6) is 1.59. The topological polar surface area (TPSA) is 58.4 Å². The fraction of sp³-hybridized carbons (Fsp3) is 0.789. The molecular weight excluding hydrogens is 302 g/mol. The van der Waals surface area contributed by atoms with Crippen LogP contribution < -0.4 is 5.32 Å². The number of aromatic nitrogens is 1. The molecule has 1 aromatic rings. The molecule has 0 saturated carbocycles. The Labute approximate surface area is 146 Å². The van der Waals surface area contributed by atoms with Crippen molar-refractivity contribution in [2.24, 2.45) is 0 Å². The molecule has 24 heavy (non-hydrogen) atoms. The quantitative estimate of drug-likeness (QED) is 0.867. The van der Waals surface area contributed by atoms with Gasteiger partial charge in [-0.2, -0.15) is 0 Å². The Balaban J connectivity index is 1.71. The van der Waals surface area contributed by atoms with Gasteiger partial charge in [0, 0.05) is 30.8 Å². The zero-order valence-electron chi connectivity index (χ0n) is 15.7. The summed E-state index contributed by atoms with van der Waals surface area (Å²) in [5.41, 5.74) is -0.0464. The van der Waals surface area contributed by atoms with Gasteiger partial charge < -0.3 is 14.6 Å². The molecule has 1 aliphatic heterocycles. The van der Waals surface area contributed by atoms with Crippen LogP contribution in [-0.4, -0.2) is 41.5 Å². The third kappa shape index (κ3) is 6.27. The second-order valence-electron chi connectivity index (χ2n) is 8.05. The van der Waals surface area contributed by atoms with Crippen LogP contribution >= 0.6 is 0 Å². The number of likely N-dealkylation sites (tertiary alicyclic amines) is 1. The van der Waals surface area contributed by atoms with Gasteiger partial charge in [0.15, 0.2) is 5.89 Å². The summed E-state index contributed by atoms with van der Waals surface area (Å²) in [4.78, 5) is 18.9. The molecular formula is C19H33N3O2. The summed E-state index contributed by atoms with van der Waals surface area (Å²) in [6.07, 6.45) is 7.98. The van der Waals surface area contributed by atoms with E-state index in [1.807, 2.05) is 0 Å². The first-order valence-corrected chi connectivity index (χ1v) is 9.31. The number of aryl methyl sites for hydroxylation is 1. The lowest BCUT2D eigenvalue weighted by atomic mass is 9.94. The summed E-state index contributed by atoms with van der Waals surface area (Å²) in [6, 6.07) is 0.185. The van der Waals surface area contributed by atoms with Gasteiger partial charge in [-0.1, -0.05) is 33.6 Å². The zero-order chi connectivity index (χ0) is 17.6. The van der Waals surface area contributed by atoms with Crippen LogP contribution in [0.25, 0.3) is 0 Å². The summed E-state index contributed by atoms with van der Waals surface area (Å²) < 4.78 is 5.74. The molecule has 1 N–H and O–H groups in total. The Morgan fingerprint density at radius 1 is 1.29 bits per heavy atom. The summed E-state index contributed by atoms with van der Waals surface area (Å²) in [7, 11) is 0. The standard InChI is InChI=1S/C19H33N3O2/c1-15(14-22-11-7-5-6-8-12-22)21-17(23)9-10-18-20-13-16(24-18)19(2,3)4/h13,15H,5-12,14H2,1-4H3,(H,21,23). The van der Waals surface area contributed by atoms with E-state index in [0.29, 0.717) is 18.7 Å². The van der Waals surface area contributed by atoms with E-state index in [-0.39, 0.29) is 17.4 Å². The molecule has 1 unspecified atom stereocenters. The molecule has 0 spiro atoms. The number of nitrogens with one attached hydrogen (secondary N) is 1. The predicted molar refractivity (Wildman–Crippen MR) is 96.0 cm³/mol. The zero-order valence-corrected chi connectivity index (χ0v) is 15.7. The molecule has 0 aromatic carbocycles. The average molecular weight is 335 g/mol. The number of oxazole rings is 1. The first-order valence-electron chi connectivity index (χ1n) is 9.31. The van der Waals surface area contributed by atoms with Gasteiger partial charge in [-0.25, -0.2) is 4.98 Å². The van der Waals surface area contributed by atoms with E-state index in [4.69, 9.17) is 4.42 Å².